The van der Waals surface area contributed by atoms with E-state index >= 15 is 0 Å². The molecule has 0 amide bonds. The quantitative estimate of drug-likeness (QED) is 0.825. The highest BCUT2D eigenvalue weighted by molar-refractivity contribution is 9.10. The lowest BCUT2D eigenvalue weighted by atomic mass is 9.90. The van der Waals surface area contributed by atoms with Crippen LogP contribution in [0.4, 0.5) is 0 Å². The number of rotatable bonds is 6. The first-order chi connectivity index (χ1) is 9.45. The molecule has 0 bridgehead atoms. The van der Waals surface area contributed by atoms with E-state index in [9.17, 15) is 4.79 Å². The minimum Gasteiger partial charge on any atom is -0.492 e. The Labute approximate surface area is 126 Å². The minimum atomic E-state index is -0.924. The molecule has 1 aromatic carbocycles. The molecule has 0 spiro atoms. The van der Waals surface area contributed by atoms with E-state index in [2.05, 4.69) is 22.9 Å². The van der Waals surface area contributed by atoms with Crippen molar-refractivity contribution in [1.82, 2.24) is 0 Å². The van der Waals surface area contributed by atoms with Crippen molar-refractivity contribution in [1.29, 1.82) is 0 Å². The molecule has 1 heterocycles. The maximum absolute atomic E-state index is 11.1. The lowest BCUT2D eigenvalue weighted by molar-refractivity contribution is -0.138. The number of benzene rings is 1. The van der Waals surface area contributed by atoms with Gasteiger partial charge in [-0.15, -0.1) is 0 Å². The van der Waals surface area contributed by atoms with E-state index in [1.54, 1.807) is 18.2 Å². The summed E-state index contributed by atoms with van der Waals surface area (Å²) >= 11 is 3.41. The number of carbonyl (C=O) groups is 1. The zero-order chi connectivity index (χ0) is 14.8. The minimum absolute atomic E-state index is 0.0669. The number of carboxylic acid groups (broad SMARTS) is 1. The summed E-state index contributed by atoms with van der Waals surface area (Å²) in [6.07, 6.45) is 0. The van der Waals surface area contributed by atoms with Gasteiger partial charge in [0.2, 0.25) is 0 Å². The Morgan fingerprint density at radius 1 is 1.60 bits per heavy atom. The number of halogens is 1. The second kappa shape index (κ2) is 6.11. The zero-order valence-corrected chi connectivity index (χ0v) is 12.9. The molecular formula is C14H18BrNO4. The van der Waals surface area contributed by atoms with Gasteiger partial charge in [-0.2, -0.15) is 0 Å². The van der Waals surface area contributed by atoms with Crippen molar-refractivity contribution in [3.05, 3.63) is 28.2 Å². The molecule has 5 nitrogen and oxygen atoms in total. The van der Waals surface area contributed by atoms with E-state index in [0.29, 0.717) is 31.1 Å². The number of ether oxygens (including phenoxy) is 2. The lowest BCUT2D eigenvalue weighted by Crippen LogP contribution is -2.44. The first-order valence-electron chi connectivity index (χ1n) is 6.38. The van der Waals surface area contributed by atoms with E-state index in [1.807, 2.05) is 0 Å². The predicted molar refractivity (Wildman–Crippen MR) is 78.0 cm³/mol. The molecule has 3 N–H and O–H groups in total. The number of hydrogen-bond donors (Lipinski definition) is 2. The molecule has 1 saturated heterocycles. The summed E-state index contributed by atoms with van der Waals surface area (Å²) < 4.78 is 11.7. The van der Waals surface area contributed by atoms with Gasteiger partial charge in [-0.3, -0.25) is 4.79 Å². The van der Waals surface area contributed by atoms with Gasteiger partial charge in [0.1, 0.15) is 5.75 Å². The Morgan fingerprint density at radius 3 is 2.75 bits per heavy atom. The standard InChI is InChI=1S/C14H18BrNO4/c1-14(6-19-7-14)8-20-12-3-2-9(4-11(12)15)10(5-16)13(17)18/h2-4,10H,5-8,16H2,1H3,(H,17,18). The van der Waals surface area contributed by atoms with Crippen molar-refractivity contribution in [2.24, 2.45) is 11.1 Å². The number of nitrogens with two attached hydrogens (primary N) is 1. The van der Waals surface area contributed by atoms with Crippen LogP contribution in [0.15, 0.2) is 22.7 Å². The zero-order valence-electron chi connectivity index (χ0n) is 11.3. The Morgan fingerprint density at radius 2 is 2.30 bits per heavy atom. The lowest BCUT2D eigenvalue weighted by Gasteiger charge is -2.37. The average molecular weight is 344 g/mol. The summed E-state index contributed by atoms with van der Waals surface area (Å²) in [7, 11) is 0. The first-order valence-corrected chi connectivity index (χ1v) is 7.17. The fraction of sp³-hybridized carbons (Fsp3) is 0.500. The molecule has 1 fully saturated rings. The maximum Gasteiger partial charge on any atom is 0.312 e. The van der Waals surface area contributed by atoms with Crippen molar-refractivity contribution in [3.8, 4) is 5.75 Å². The topological polar surface area (TPSA) is 81.8 Å². The molecule has 0 aromatic heterocycles. The molecule has 6 heteroatoms. The van der Waals surface area contributed by atoms with Crippen molar-refractivity contribution >= 4 is 21.9 Å². The highest BCUT2D eigenvalue weighted by Gasteiger charge is 2.34. The fourth-order valence-electron chi connectivity index (χ4n) is 2.02. The summed E-state index contributed by atoms with van der Waals surface area (Å²) in [5.74, 6) is -0.923. The maximum atomic E-state index is 11.1. The number of hydrogen-bond acceptors (Lipinski definition) is 4. The molecule has 110 valence electrons. The van der Waals surface area contributed by atoms with E-state index in [4.69, 9.17) is 20.3 Å². The van der Waals surface area contributed by atoms with E-state index in [-0.39, 0.29) is 12.0 Å². The third kappa shape index (κ3) is 3.31. The van der Waals surface area contributed by atoms with Gasteiger partial charge >= 0.3 is 5.97 Å². The van der Waals surface area contributed by atoms with Crippen LogP contribution < -0.4 is 10.5 Å². The van der Waals surface area contributed by atoms with Crippen LogP contribution in [0.25, 0.3) is 0 Å². The van der Waals surface area contributed by atoms with Gasteiger partial charge in [-0.1, -0.05) is 13.0 Å². The molecule has 1 atom stereocenters. The Bertz CT molecular complexity index is 502. The number of carboxylic acids is 1. The van der Waals surface area contributed by atoms with Gasteiger partial charge in [0.25, 0.3) is 0 Å². The molecular weight excluding hydrogens is 326 g/mol. The van der Waals surface area contributed by atoms with Crippen LogP contribution in [0.1, 0.15) is 18.4 Å². The molecule has 0 radical (unpaired) electrons. The highest BCUT2D eigenvalue weighted by atomic mass is 79.9. The molecule has 0 saturated carbocycles. The Kier molecular flexibility index (Phi) is 4.67. The van der Waals surface area contributed by atoms with E-state index in [0.717, 1.165) is 4.47 Å². The monoisotopic (exact) mass is 343 g/mol. The number of aliphatic carboxylic acids is 1. The largest absolute Gasteiger partial charge is 0.492 e. The van der Waals surface area contributed by atoms with Crippen LogP contribution in [0, 0.1) is 5.41 Å². The molecule has 1 aliphatic rings. The molecule has 1 unspecified atom stereocenters. The van der Waals surface area contributed by atoms with Gasteiger partial charge in [-0.25, -0.2) is 0 Å². The van der Waals surface area contributed by atoms with Gasteiger partial charge in [0.15, 0.2) is 0 Å². The summed E-state index contributed by atoms with van der Waals surface area (Å²) in [5, 5.41) is 9.10. The third-order valence-electron chi connectivity index (χ3n) is 3.37. The Hall–Kier alpha value is -1.11. The van der Waals surface area contributed by atoms with E-state index < -0.39 is 11.9 Å². The molecule has 20 heavy (non-hydrogen) atoms. The summed E-state index contributed by atoms with van der Waals surface area (Å²) in [6.45, 7) is 4.16. The van der Waals surface area contributed by atoms with Crippen LogP contribution in [-0.2, 0) is 9.53 Å². The first kappa shape index (κ1) is 15.3. The average Bonchev–Trinajstić information content (AvgIpc) is 2.36. The van der Waals surface area contributed by atoms with Crippen LogP contribution in [-0.4, -0.2) is 37.4 Å². The highest BCUT2D eigenvalue weighted by Crippen LogP contribution is 2.32. The van der Waals surface area contributed by atoms with Crippen molar-refractivity contribution in [3.63, 3.8) is 0 Å². The smallest absolute Gasteiger partial charge is 0.312 e. The van der Waals surface area contributed by atoms with Crippen LogP contribution in [0.2, 0.25) is 0 Å². The predicted octanol–water partition coefficient (Wildman–Crippen LogP) is 1.99. The SMILES string of the molecule is CC1(COc2ccc(C(CN)C(=O)O)cc2Br)COC1. The normalized spacial score (nSPS) is 18.1. The molecule has 0 aliphatic carbocycles. The molecule has 1 aromatic rings. The second-order valence-corrected chi connectivity index (χ2v) is 6.26. The van der Waals surface area contributed by atoms with Crippen molar-refractivity contribution in [2.45, 2.75) is 12.8 Å². The second-order valence-electron chi connectivity index (χ2n) is 5.41. The molecule has 2 rings (SSSR count). The summed E-state index contributed by atoms with van der Waals surface area (Å²) in [6, 6.07) is 5.26. The van der Waals surface area contributed by atoms with E-state index in [1.165, 1.54) is 0 Å². The van der Waals surface area contributed by atoms with Gasteiger partial charge < -0.3 is 20.3 Å². The third-order valence-corrected chi connectivity index (χ3v) is 3.99. The van der Waals surface area contributed by atoms with Crippen molar-refractivity contribution in [2.75, 3.05) is 26.4 Å². The summed E-state index contributed by atoms with van der Waals surface area (Å²) in [4.78, 5) is 11.1. The molecule has 1 aliphatic heterocycles. The fourth-order valence-corrected chi connectivity index (χ4v) is 2.53. The van der Waals surface area contributed by atoms with Crippen molar-refractivity contribution < 1.29 is 19.4 Å². The van der Waals surface area contributed by atoms with Gasteiger partial charge in [0.05, 0.1) is 30.2 Å². The Balaban J connectivity index is 2.07. The summed E-state index contributed by atoms with van der Waals surface area (Å²) in [5.41, 5.74) is 6.23. The van der Waals surface area contributed by atoms with Crippen LogP contribution in [0.3, 0.4) is 0 Å². The van der Waals surface area contributed by atoms with Crippen LogP contribution >= 0.6 is 15.9 Å². The van der Waals surface area contributed by atoms with Gasteiger partial charge in [-0.05, 0) is 33.6 Å². The van der Waals surface area contributed by atoms with Gasteiger partial charge in [0, 0.05) is 12.0 Å². The van der Waals surface area contributed by atoms with Crippen LogP contribution in [0.5, 0.6) is 5.75 Å².